The number of hydrogen-bond donors (Lipinski definition) is 1. The van der Waals surface area contributed by atoms with Gasteiger partial charge in [-0.15, -0.1) is 0 Å². The molecule has 0 radical (unpaired) electrons. The summed E-state index contributed by atoms with van der Waals surface area (Å²) in [6.45, 7) is 4.66. The monoisotopic (exact) mass is 183 g/mol. The fourth-order valence-corrected chi connectivity index (χ4v) is 2.00. The molecule has 0 bridgehead atoms. The van der Waals surface area contributed by atoms with Crippen molar-refractivity contribution < 1.29 is 0 Å². The standard InChI is InChI=1S/C12H25N/c1-4-10(2)6-5-7-12(13-3)11-8-9-11/h10-13H,4-9H2,1-3H3. The highest BCUT2D eigenvalue weighted by atomic mass is 14.9. The highest BCUT2D eigenvalue weighted by Crippen LogP contribution is 2.34. The summed E-state index contributed by atoms with van der Waals surface area (Å²) in [7, 11) is 2.12. The van der Waals surface area contributed by atoms with Crippen LogP contribution in [0.2, 0.25) is 0 Å². The smallest absolute Gasteiger partial charge is 0.00923 e. The van der Waals surface area contributed by atoms with Gasteiger partial charge in [0.15, 0.2) is 0 Å². The van der Waals surface area contributed by atoms with Crippen LogP contribution in [0.25, 0.3) is 0 Å². The van der Waals surface area contributed by atoms with Gasteiger partial charge in [-0.1, -0.05) is 33.1 Å². The van der Waals surface area contributed by atoms with Crippen LogP contribution >= 0.6 is 0 Å². The molecule has 0 aromatic heterocycles. The van der Waals surface area contributed by atoms with Crippen LogP contribution in [0.5, 0.6) is 0 Å². The summed E-state index contributed by atoms with van der Waals surface area (Å²) in [5.74, 6) is 1.94. The van der Waals surface area contributed by atoms with Crippen LogP contribution in [0.1, 0.15) is 52.4 Å². The van der Waals surface area contributed by atoms with Crippen LogP contribution < -0.4 is 5.32 Å². The molecule has 0 heterocycles. The lowest BCUT2D eigenvalue weighted by Gasteiger charge is -2.16. The third-order valence-electron chi connectivity index (χ3n) is 3.47. The minimum Gasteiger partial charge on any atom is -0.317 e. The number of nitrogens with one attached hydrogen (secondary N) is 1. The predicted octanol–water partition coefficient (Wildman–Crippen LogP) is 3.20. The molecule has 0 spiro atoms. The molecule has 1 rings (SSSR count). The molecule has 0 aromatic carbocycles. The van der Waals surface area contributed by atoms with E-state index in [1.165, 1.54) is 38.5 Å². The Morgan fingerprint density at radius 2 is 2.00 bits per heavy atom. The van der Waals surface area contributed by atoms with E-state index in [0.717, 1.165) is 17.9 Å². The summed E-state index contributed by atoms with van der Waals surface area (Å²) in [4.78, 5) is 0. The van der Waals surface area contributed by atoms with E-state index in [-0.39, 0.29) is 0 Å². The third-order valence-corrected chi connectivity index (χ3v) is 3.47. The first kappa shape index (κ1) is 11.0. The van der Waals surface area contributed by atoms with Crippen LogP contribution in [0.3, 0.4) is 0 Å². The first-order valence-electron chi connectivity index (χ1n) is 5.95. The van der Waals surface area contributed by atoms with Crippen molar-refractivity contribution in [1.82, 2.24) is 5.32 Å². The van der Waals surface area contributed by atoms with Gasteiger partial charge in [0.25, 0.3) is 0 Å². The lowest BCUT2D eigenvalue weighted by Crippen LogP contribution is -2.27. The zero-order valence-electron chi connectivity index (χ0n) is 9.47. The van der Waals surface area contributed by atoms with Crippen LogP contribution in [0.15, 0.2) is 0 Å². The van der Waals surface area contributed by atoms with E-state index in [9.17, 15) is 0 Å². The molecular formula is C12H25N. The quantitative estimate of drug-likeness (QED) is 0.639. The van der Waals surface area contributed by atoms with Crippen molar-refractivity contribution in [3.8, 4) is 0 Å². The van der Waals surface area contributed by atoms with E-state index in [1.54, 1.807) is 0 Å². The Morgan fingerprint density at radius 3 is 2.46 bits per heavy atom. The molecule has 0 saturated heterocycles. The zero-order valence-corrected chi connectivity index (χ0v) is 9.47. The molecule has 2 unspecified atom stereocenters. The van der Waals surface area contributed by atoms with Gasteiger partial charge in [0.1, 0.15) is 0 Å². The highest BCUT2D eigenvalue weighted by molar-refractivity contribution is 4.85. The maximum atomic E-state index is 3.46. The van der Waals surface area contributed by atoms with Crippen molar-refractivity contribution >= 4 is 0 Å². The van der Waals surface area contributed by atoms with Crippen molar-refractivity contribution in [2.24, 2.45) is 11.8 Å². The normalized spacial score (nSPS) is 21.5. The first-order chi connectivity index (χ1) is 6.27. The third kappa shape index (κ3) is 4.12. The molecule has 1 heteroatoms. The molecule has 2 atom stereocenters. The Balaban J connectivity index is 2.02. The van der Waals surface area contributed by atoms with Gasteiger partial charge in [0.2, 0.25) is 0 Å². The number of rotatable bonds is 7. The molecule has 1 aliphatic carbocycles. The maximum absolute atomic E-state index is 3.46. The molecule has 0 amide bonds. The van der Waals surface area contributed by atoms with Gasteiger partial charge in [0.05, 0.1) is 0 Å². The predicted molar refractivity (Wildman–Crippen MR) is 58.9 cm³/mol. The van der Waals surface area contributed by atoms with Crippen LogP contribution in [-0.2, 0) is 0 Å². The van der Waals surface area contributed by atoms with Gasteiger partial charge in [-0.25, -0.2) is 0 Å². The van der Waals surface area contributed by atoms with E-state index in [1.807, 2.05) is 0 Å². The average Bonchev–Trinajstić information content (AvgIpc) is 2.95. The lowest BCUT2D eigenvalue weighted by atomic mass is 9.98. The first-order valence-corrected chi connectivity index (χ1v) is 5.95. The summed E-state index contributed by atoms with van der Waals surface area (Å²) in [6, 6.07) is 0.823. The van der Waals surface area contributed by atoms with E-state index < -0.39 is 0 Å². The van der Waals surface area contributed by atoms with Gasteiger partial charge >= 0.3 is 0 Å². The Hall–Kier alpha value is -0.0400. The second kappa shape index (κ2) is 5.64. The molecule has 1 aliphatic rings. The van der Waals surface area contributed by atoms with Crippen molar-refractivity contribution in [3.63, 3.8) is 0 Å². The largest absolute Gasteiger partial charge is 0.317 e. The highest BCUT2D eigenvalue weighted by Gasteiger charge is 2.29. The zero-order chi connectivity index (χ0) is 9.68. The van der Waals surface area contributed by atoms with Crippen molar-refractivity contribution in [2.45, 2.75) is 58.4 Å². The summed E-state index contributed by atoms with van der Waals surface area (Å²) in [5, 5.41) is 3.46. The van der Waals surface area contributed by atoms with Gasteiger partial charge in [-0.05, 0) is 38.1 Å². The maximum Gasteiger partial charge on any atom is 0.00923 e. The minimum atomic E-state index is 0.823. The topological polar surface area (TPSA) is 12.0 Å². The molecule has 78 valence electrons. The fraction of sp³-hybridized carbons (Fsp3) is 1.00. The summed E-state index contributed by atoms with van der Waals surface area (Å²) in [5.41, 5.74) is 0. The summed E-state index contributed by atoms with van der Waals surface area (Å²) >= 11 is 0. The molecule has 1 nitrogen and oxygen atoms in total. The molecule has 1 N–H and O–H groups in total. The lowest BCUT2D eigenvalue weighted by molar-refractivity contribution is 0.412. The van der Waals surface area contributed by atoms with Crippen molar-refractivity contribution in [3.05, 3.63) is 0 Å². The van der Waals surface area contributed by atoms with Crippen LogP contribution in [0, 0.1) is 11.8 Å². The van der Waals surface area contributed by atoms with Crippen LogP contribution in [-0.4, -0.2) is 13.1 Å². The van der Waals surface area contributed by atoms with E-state index in [2.05, 4.69) is 26.2 Å². The average molecular weight is 183 g/mol. The van der Waals surface area contributed by atoms with Gasteiger partial charge in [0, 0.05) is 6.04 Å². The Bertz CT molecular complexity index is 129. The molecule has 0 aromatic rings. The Labute approximate surface area is 83.3 Å². The number of hydrogen-bond acceptors (Lipinski definition) is 1. The van der Waals surface area contributed by atoms with Crippen molar-refractivity contribution in [2.75, 3.05) is 7.05 Å². The second-order valence-corrected chi connectivity index (χ2v) is 4.68. The second-order valence-electron chi connectivity index (χ2n) is 4.68. The van der Waals surface area contributed by atoms with Gasteiger partial charge in [-0.2, -0.15) is 0 Å². The SMILES string of the molecule is CCC(C)CCCC(NC)C1CC1. The van der Waals surface area contributed by atoms with E-state index >= 15 is 0 Å². The minimum absolute atomic E-state index is 0.823. The molecule has 13 heavy (non-hydrogen) atoms. The Morgan fingerprint density at radius 1 is 1.31 bits per heavy atom. The molecular weight excluding hydrogens is 158 g/mol. The van der Waals surface area contributed by atoms with Gasteiger partial charge in [-0.3, -0.25) is 0 Å². The Kier molecular flexibility index (Phi) is 4.79. The molecule has 1 fully saturated rings. The molecule has 1 saturated carbocycles. The van der Waals surface area contributed by atoms with E-state index in [0.29, 0.717) is 0 Å². The van der Waals surface area contributed by atoms with Gasteiger partial charge < -0.3 is 5.32 Å². The molecule has 0 aliphatic heterocycles. The van der Waals surface area contributed by atoms with Crippen molar-refractivity contribution in [1.29, 1.82) is 0 Å². The summed E-state index contributed by atoms with van der Waals surface area (Å²) < 4.78 is 0. The summed E-state index contributed by atoms with van der Waals surface area (Å²) in [6.07, 6.45) is 8.50. The van der Waals surface area contributed by atoms with Crippen LogP contribution in [0.4, 0.5) is 0 Å². The fourth-order valence-electron chi connectivity index (χ4n) is 2.00. The van der Waals surface area contributed by atoms with E-state index in [4.69, 9.17) is 0 Å².